The predicted molar refractivity (Wildman–Crippen MR) is 57.3 cm³/mol. The van der Waals surface area contributed by atoms with Gasteiger partial charge in [-0.25, -0.2) is 4.39 Å². The number of rotatable bonds is 3. The van der Waals surface area contributed by atoms with Crippen molar-refractivity contribution >= 4 is 15.9 Å². The van der Waals surface area contributed by atoms with Crippen LogP contribution in [0.15, 0.2) is 22.6 Å². The molecule has 2 rings (SSSR count). The van der Waals surface area contributed by atoms with Crippen molar-refractivity contribution in [2.24, 2.45) is 0 Å². The average molecular weight is 307 g/mol. The first-order valence-electron chi connectivity index (χ1n) is 4.58. The van der Waals surface area contributed by atoms with Crippen LogP contribution in [0.25, 0.3) is 11.5 Å². The second-order valence-electron chi connectivity index (χ2n) is 3.19. The molecule has 0 aliphatic rings. The number of halogens is 4. The Morgan fingerprint density at radius 1 is 1.29 bits per heavy atom. The standard InChI is InChI=1S/C10H6BrF3N2O/c11-4-6-2-1-5(3-7(6)12)9-15-16-10(17-9)8(13)14/h1-3,8H,4H2. The molecule has 0 saturated carbocycles. The fourth-order valence-corrected chi connectivity index (χ4v) is 1.68. The molecule has 0 N–H and O–H groups in total. The van der Waals surface area contributed by atoms with Crippen LogP contribution in [0.4, 0.5) is 13.2 Å². The van der Waals surface area contributed by atoms with Crippen molar-refractivity contribution in [3.05, 3.63) is 35.5 Å². The van der Waals surface area contributed by atoms with E-state index in [1.54, 1.807) is 0 Å². The summed E-state index contributed by atoms with van der Waals surface area (Å²) in [5.41, 5.74) is 0.731. The highest BCUT2D eigenvalue weighted by atomic mass is 79.9. The minimum Gasteiger partial charge on any atom is -0.415 e. The zero-order valence-electron chi connectivity index (χ0n) is 8.33. The van der Waals surface area contributed by atoms with Gasteiger partial charge in [-0.05, 0) is 17.7 Å². The molecule has 90 valence electrons. The van der Waals surface area contributed by atoms with Gasteiger partial charge in [0.2, 0.25) is 5.89 Å². The monoisotopic (exact) mass is 306 g/mol. The Bertz CT molecular complexity index is 530. The summed E-state index contributed by atoms with van der Waals surface area (Å²) in [6.45, 7) is 0. The van der Waals surface area contributed by atoms with Gasteiger partial charge < -0.3 is 4.42 Å². The van der Waals surface area contributed by atoms with Gasteiger partial charge in [-0.2, -0.15) is 8.78 Å². The second kappa shape index (κ2) is 4.87. The molecule has 7 heteroatoms. The van der Waals surface area contributed by atoms with Crippen molar-refractivity contribution in [3.8, 4) is 11.5 Å². The molecular formula is C10H6BrF3N2O. The summed E-state index contributed by atoms with van der Waals surface area (Å²) in [5.74, 6) is -1.36. The van der Waals surface area contributed by atoms with Crippen molar-refractivity contribution in [3.63, 3.8) is 0 Å². The molecule has 3 nitrogen and oxygen atoms in total. The number of hydrogen-bond acceptors (Lipinski definition) is 3. The van der Waals surface area contributed by atoms with E-state index in [2.05, 4.69) is 26.1 Å². The van der Waals surface area contributed by atoms with Crippen LogP contribution < -0.4 is 0 Å². The molecule has 0 saturated heterocycles. The molecule has 0 bridgehead atoms. The van der Waals surface area contributed by atoms with E-state index in [1.807, 2.05) is 0 Å². The molecule has 0 aliphatic heterocycles. The zero-order chi connectivity index (χ0) is 12.4. The Balaban J connectivity index is 2.36. The SMILES string of the molecule is Fc1cc(-c2nnc(C(F)F)o2)ccc1CBr. The van der Waals surface area contributed by atoms with Crippen molar-refractivity contribution < 1.29 is 17.6 Å². The maximum Gasteiger partial charge on any atom is 0.314 e. The summed E-state index contributed by atoms with van der Waals surface area (Å²) in [6, 6.07) is 4.22. The van der Waals surface area contributed by atoms with E-state index >= 15 is 0 Å². The highest BCUT2D eigenvalue weighted by molar-refractivity contribution is 9.08. The number of aromatic nitrogens is 2. The molecular weight excluding hydrogens is 301 g/mol. The van der Waals surface area contributed by atoms with Gasteiger partial charge in [0.1, 0.15) is 5.82 Å². The fraction of sp³-hybridized carbons (Fsp3) is 0.200. The van der Waals surface area contributed by atoms with Crippen molar-refractivity contribution in [2.75, 3.05) is 0 Å². The lowest BCUT2D eigenvalue weighted by atomic mass is 10.1. The van der Waals surface area contributed by atoms with E-state index in [4.69, 9.17) is 4.42 Å². The van der Waals surface area contributed by atoms with E-state index < -0.39 is 18.1 Å². The van der Waals surface area contributed by atoms with Gasteiger partial charge in [0, 0.05) is 10.9 Å². The summed E-state index contributed by atoms with van der Waals surface area (Å²) < 4.78 is 42.6. The lowest BCUT2D eigenvalue weighted by Gasteiger charge is -2.00. The van der Waals surface area contributed by atoms with Gasteiger partial charge >= 0.3 is 6.43 Å². The Morgan fingerprint density at radius 3 is 2.59 bits per heavy atom. The molecule has 17 heavy (non-hydrogen) atoms. The Labute approximate surface area is 103 Å². The molecule has 1 heterocycles. The number of hydrogen-bond donors (Lipinski definition) is 0. The van der Waals surface area contributed by atoms with Crippen LogP contribution in [0.3, 0.4) is 0 Å². The first-order chi connectivity index (χ1) is 8.11. The second-order valence-corrected chi connectivity index (χ2v) is 3.75. The van der Waals surface area contributed by atoms with E-state index in [0.717, 1.165) is 0 Å². The van der Waals surface area contributed by atoms with E-state index in [0.29, 0.717) is 10.9 Å². The summed E-state index contributed by atoms with van der Waals surface area (Å²) >= 11 is 3.12. The van der Waals surface area contributed by atoms with Crippen LogP contribution >= 0.6 is 15.9 Å². The smallest absolute Gasteiger partial charge is 0.314 e. The third-order valence-corrected chi connectivity index (χ3v) is 2.68. The lowest BCUT2D eigenvalue weighted by Crippen LogP contribution is -1.87. The minimum absolute atomic E-state index is 0.125. The summed E-state index contributed by atoms with van der Waals surface area (Å²) in [7, 11) is 0. The molecule has 0 amide bonds. The summed E-state index contributed by atoms with van der Waals surface area (Å²) in [6.07, 6.45) is -2.83. The molecule has 0 atom stereocenters. The van der Waals surface area contributed by atoms with Gasteiger partial charge in [-0.15, -0.1) is 10.2 Å². The topological polar surface area (TPSA) is 38.9 Å². The lowest BCUT2D eigenvalue weighted by molar-refractivity contribution is 0.116. The van der Waals surface area contributed by atoms with Gasteiger partial charge in [0.25, 0.3) is 5.89 Å². The van der Waals surface area contributed by atoms with Crippen LogP contribution in [0.1, 0.15) is 17.9 Å². The molecule has 2 aromatic rings. The molecule has 1 aromatic carbocycles. The highest BCUT2D eigenvalue weighted by Gasteiger charge is 2.17. The molecule has 0 fully saturated rings. The van der Waals surface area contributed by atoms with Crippen LogP contribution in [0.2, 0.25) is 0 Å². The molecule has 0 radical (unpaired) electrons. The molecule has 0 unspecified atom stereocenters. The molecule has 0 aliphatic carbocycles. The van der Waals surface area contributed by atoms with Crippen LogP contribution in [0, 0.1) is 5.82 Å². The average Bonchev–Trinajstić information content (AvgIpc) is 2.78. The maximum atomic E-state index is 13.4. The van der Waals surface area contributed by atoms with E-state index in [-0.39, 0.29) is 11.5 Å². The highest BCUT2D eigenvalue weighted by Crippen LogP contribution is 2.25. The first-order valence-corrected chi connectivity index (χ1v) is 5.70. The van der Waals surface area contributed by atoms with Crippen LogP contribution in [0.5, 0.6) is 0 Å². The largest absolute Gasteiger partial charge is 0.415 e. The van der Waals surface area contributed by atoms with Crippen LogP contribution in [-0.4, -0.2) is 10.2 Å². The van der Waals surface area contributed by atoms with Crippen molar-refractivity contribution in [1.82, 2.24) is 10.2 Å². The Kier molecular flexibility index (Phi) is 3.46. The Hall–Kier alpha value is -1.37. The van der Waals surface area contributed by atoms with Crippen LogP contribution in [-0.2, 0) is 5.33 Å². The van der Waals surface area contributed by atoms with E-state index in [9.17, 15) is 13.2 Å². The zero-order valence-corrected chi connectivity index (χ0v) is 9.92. The Morgan fingerprint density at radius 2 is 2.06 bits per heavy atom. The van der Waals surface area contributed by atoms with Gasteiger partial charge in [0.05, 0.1) is 0 Å². The predicted octanol–water partition coefficient (Wildman–Crippen LogP) is 3.71. The van der Waals surface area contributed by atoms with Crippen molar-refractivity contribution in [1.29, 1.82) is 0 Å². The number of benzene rings is 1. The molecule has 1 aromatic heterocycles. The summed E-state index contributed by atoms with van der Waals surface area (Å²) in [4.78, 5) is 0. The third kappa shape index (κ3) is 2.49. The molecule has 0 spiro atoms. The fourth-order valence-electron chi connectivity index (χ4n) is 1.23. The number of nitrogens with zero attached hydrogens (tertiary/aromatic N) is 2. The maximum absolute atomic E-state index is 13.4. The van der Waals surface area contributed by atoms with E-state index in [1.165, 1.54) is 18.2 Å². The summed E-state index contributed by atoms with van der Waals surface area (Å²) in [5, 5.41) is 6.96. The van der Waals surface area contributed by atoms with Gasteiger partial charge in [-0.1, -0.05) is 22.0 Å². The third-order valence-electron chi connectivity index (χ3n) is 2.07. The quantitative estimate of drug-likeness (QED) is 0.812. The van der Waals surface area contributed by atoms with Crippen molar-refractivity contribution in [2.45, 2.75) is 11.8 Å². The normalized spacial score (nSPS) is 11.1. The minimum atomic E-state index is -2.83. The van der Waals surface area contributed by atoms with Gasteiger partial charge in [-0.3, -0.25) is 0 Å². The van der Waals surface area contributed by atoms with Gasteiger partial charge in [0.15, 0.2) is 0 Å². The number of alkyl halides is 3. The first kappa shape index (κ1) is 12.1.